The number of hydrogen-bond acceptors (Lipinski definition) is 0. The zero-order valence-electron chi connectivity index (χ0n) is 7.64. The van der Waals surface area contributed by atoms with Crippen LogP contribution in [0, 0.1) is 29.1 Å². The topological polar surface area (TPSA) is 0 Å². The monoisotopic (exact) mass is 150 g/mol. The van der Waals surface area contributed by atoms with Crippen LogP contribution in [0.3, 0.4) is 0 Å². The summed E-state index contributed by atoms with van der Waals surface area (Å²) in [4.78, 5) is 0. The molecule has 5 unspecified atom stereocenters. The SMILES string of the molecule is CC1CC2(C)CC3CCC1C32. The molecular weight excluding hydrogens is 132 g/mol. The number of hydrogen-bond donors (Lipinski definition) is 0. The molecule has 0 aliphatic heterocycles. The van der Waals surface area contributed by atoms with Crippen molar-refractivity contribution >= 4 is 0 Å². The van der Waals surface area contributed by atoms with Gasteiger partial charge in [-0.1, -0.05) is 13.8 Å². The van der Waals surface area contributed by atoms with Crippen molar-refractivity contribution in [2.24, 2.45) is 29.1 Å². The Balaban J connectivity index is 1.98. The van der Waals surface area contributed by atoms with Gasteiger partial charge in [0.05, 0.1) is 0 Å². The van der Waals surface area contributed by atoms with Crippen LogP contribution >= 0.6 is 0 Å². The quantitative estimate of drug-likeness (QED) is 0.498. The first-order valence-corrected chi connectivity index (χ1v) is 5.21. The van der Waals surface area contributed by atoms with E-state index in [9.17, 15) is 0 Å². The van der Waals surface area contributed by atoms with Crippen LogP contribution in [0.4, 0.5) is 0 Å². The Morgan fingerprint density at radius 2 is 2.00 bits per heavy atom. The molecule has 0 heteroatoms. The first-order valence-electron chi connectivity index (χ1n) is 5.21. The predicted octanol–water partition coefficient (Wildman–Crippen LogP) is 3.08. The molecule has 3 aliphatic rings. The summed E-state index contributed by atoms with van der Waals surface area (Å²) < 4.78 is 0. The fraction of sp³-hybridized carbons (Fsp3) is 1.00. The van der Waals surface area contributed by atoms with Gasteiger partial charge in [0.2, 0.25) is 0 Å². The van der Waals surface area contributed by atoms with E-state index in [1.54, 1.807) is 25.7 Å². The summed E-state index contributed by atoms with van der Waals surface area (Å²) in [6, 6.07) is 0. The average Bonchev–Trinajstić information content (AvgIpc) is 2.33. The van der Waals surface area contributed by atoms with Crippen molar-refractivity contribution in [1.82, 2.24) is 0 Å². The highest BCUT2D eigenvalue weighted by Gasteiger charge is 2.62. The van der Waals surface area contributed by atoms with Crippen LogP contribution in [0.15, 0.2) is 0 Å². The Morgan fingerprint density at radius 1 is 1.18 bits per heavy atom. The van der Waals surface area contributed by atoms with E-state index >= 15 is 0 Å². The van der Waals surface area contributed by atoms with Gasteiger partial charge in [0.1, 0.15) is 0 Å². The van der Waals surface area contributed by atoms with Crippen LogP contribution in [-0.2, 0) is 0 Å². The molecule has 0 spiro atoms. The fourth-order valence-electron chi connectivity index (χ4n) is 4.75. The van der Waals surface area contributed by atoms with E-state index in [1.807, 2.05) is 0 Å². The largest absolute Gasteiger partial charge is 0.0622 e. The lowest BCUT2D eigenvalue weighted by Crippen LogP contribution is -2.40. The highest BCUT2D eigenvalue weighted by molar-refractivity contribution is 5.11. The Kier molecular flexibility index (Phi) is 0.990. The smallest absolute Gasteiger partial charge is 0.0287 e. The molecule has 0 aromatic rings. The molecule has 62 valence electrons. The molecule has 11 heavy (non-hydrogen) atoms. The van der Waals surface area contributed by atoms with Crippen LogP contribution in [0.1, 0.15) is 39.5 Å². The van der Waals surface area contributed by atoms with E-state index < -0.39 is 0 Å². The number of rotatable bonds is 0. The molecule has 0 heterocycles. The molecular formula is C11H18. The zero-order valence-corrected chi connectivity index (χ0v) is 7.64. The first-order chi connectivity index (χ1) is 5.21. The second-order valence-electron chi connectivity index (χ2n) is 5.57. The van der Waals surface area contributed by atoms with Crippen LogP contribution in [0.2, 0.25) is 0 Å². The summed E-state index contributed by atoms with van der Waals surface area (Å²) in [6.07, 6.45) is 6.23. The van der Waals surface area contributed by atoms with Gasteiger partial charge in [-0.2, -0.15) is 0 Å². The van der Waals surface area contributed by atoms with Gasteiger partial charge in [-0.15, -0.1) is 0 Å². The van der Waals surface area contributed by atoms with Gasteiger partial charge < -0.3 is 0 Å². The van der Waals surface area contributed by atoms with Gasteiger partial charge in [-0.25, -0.2) is 0 Å². The van der Waals surface area contributed by atoms with Crippen molar-refractivity contribution in [3.8, 4) is 0 Å². The maximum atomic E-state index is 2.54. The molecule has 0 nitrogen and oxygen atoms in total. The van der Waals surface area contributed by atoms with Crippen molar-refractivity contribution in [2.75, 3.05) is 0 Å². The minimum atomic E-state index is 0.811. The molecule has 5 atom stereocenters. The molecule has 0 amide bonds. The minimum absolute atomic E-state index is 0.811. The third-order valence-electron chi connectivity index (χ3n) is 4.89. The molecule has 3 rings (SSSR count). The van der Waals surface area contributed by atoms with Crippen molar-refractivity contribution < 1.29 is 0 Å². The molecule has 3 fully saturated rings. The Hall–Kier alpha value is 0. The lowest BCUT2D eigenvalue weighted by Gasteiger charge is -2.48. The average molecular weight is 150 g/mol. The highest BCUT2D eigenvalue weighted by Crippen LogP contribution is 2.70. The van der Waals surface area contributed by atoms with Crippen molar-refractivity contribution in [2.45, 2.75) is 39.5 Å². The highest BCUT2D eigenvalue weighted by atomic mass is 14.7. The van der Waals surface area contributed by atoms with Crippen molar-refractivity contribution in [1.29, 1.82) is 0 Å². The molecule has 0 aromatic carbocycles. The van der Waals surface area contributed by atoms with Crippen LogP contribution in [0.5, 0.6) is 0 Å². The van der Waals surface area contributed by atoms with Gasteiger partial charge in [-0.3, -0.25) is 0 Å². The molecule has 0 N–H and O–H groups in total. The Morgan fingerprint density at radius 3 is 2.73 bits per heavy atom. The van der Waals surface area contributed by atoms with Crippen LogP contribution in [0.25, 0.3) is 0 Å². The molecule has 0 bridgehead atoms. The summed E-state index contributed by atoms with van der Waals surface area (Å²) in [5, 5.41) is 0. The summed E-state index contributed by atoms with van der Waals surface area (Å²) in [7, 11) is 0. The standard InChI is InChI=1S/C11H18/c1-7-5-11(2)6-8-3-4-9(7)10(8)11/h7-10H,3-6H2,1-2H3. The van der Waals surface area contributed by atoms with Crippen molar-refractivity contribution in [3.63, 3.8) is 0 Å². The van der Waals surface area contributed by atoms with Gasteiger partial charge in [-0.05, 0) is 54.8 Å². The molecule has 3 saturated carbocycles. The predicted molar refractivity (Wildman–Crippen MR) is 46.2 cm³/mol. The summed E-state index contributed by atoms with van der Waals surface area (Å²) in [6.45, 7) is 5.02. The molecule has 0 radical (unpaired) electrons. The molecule has 0 saturated heterocycles. The maximum Gasteiger partial charge on any atom is -0.0287 e. The molecule has 3 aliphatic carbocycles. The Labute approximate surface area is 69.4 Å². The fourth-order valence-corrected chi connectivity index (χ4v) is 4.75. The third-order valence-corrected chi connectivity index (χ3v) is 4.89. The zero-order chi connectivity index (χ0) is 7.64. The summed E-state index contributed by atoms with van der Waals surface area (Å²) >= 11 is 0. The van der Waals surface area contributed by atoms with Gasteiger partial charge in [0, 0.05) is 0 Å². The van der Waals surface area contributed by atoms with E-state index in [0.717, 1.165) is 29.1 Å². The first kappa shape index (κ1) is 6.51. The minimum Gasteiger partial charge on any atom is -0.0622 e. The third kappa shape index (κ3) is 0.588. The van der Waals surface area contributed by atoms with Gasteiger partial charge in [0.25, 0.3) is 0 Å². The lowest BCUT2D eigenvalue weighted by atomic mass is 9.57. The van der Waals surface area contributed by atoms with Gasteiger partial charge in [0.15, 0.2) is 0 Å². The Bertz CT molecular complexity index is 196. The van der Waals surface area contributed by atoms with Crippen molar-refractivity contribution in [3.05, 3.63) is 0 Å². The van der Waals surface area contributed by atoms with Gasteiger partial charge >= 0.3 is 0 Å². The van der Waals surface area contributed by atoms with Crippen LogP contribution < -0.4 is 0 Å². The summed E-state index contributed by atoms with van der Waals surface area (Å²) in [5.41, 5.74) is 0.811. The van der Waals surface area contributed by atoms with E-state index in [0.29, 0.717) is 0 Å². The van der Waals surface area contributed by atoms with E-state index in [-0.39, 0.29) is 0 Å². The normalized spacial score (nSPS) is 66.0. The van der Waals surface area contributed by atoms with E-state index in [2.05, 4.69) is 13.8 Å². The summed E-state index contributed by atoms with van der Waals surface area (Å²) in [5.74, 6) is 4.52. The molecule has 0 aromatic heterocycles. The second kappa shape index (κ2) is 1.67. The van der Waals surface area contributed by atoms with Crippen LogP contribution in [-0.4, -0.2) is 0 Å². The lowest BCUT2D eigenvalue weighted by molar-refractivity contribution is 0.0120. The van der Waals surface area contributed by atoms with E-state index in [1.165, 1.54) is 0 Å². The second-order valence-corrected chi connectivity index (χ2v) is 5.57. The van der Waals surface area contributed by atoms with E-state index in [4.69, 9.17) is 0 Å². The maximum absolute atomic E-state index is 2.54.